The molecule has 0 saturated heterocycles. The Morgan fingerprint density at radius 2 is 2.06 bits per heavy atom. The summed E-state index contributed by atoms with van der Waals surface area (Å²) in [5.41, 5.74) is 2.15. The summed E-state index contributed by atoms with van der Waals surface area (Å²) in [6, 6.07) is 3.03. The molecule has 0 spiro atoms. The molecule has 166 valence electrons. The van der Waals surface area contributed by atoms with Crippen LogP contribution in [0.1, 0.15) is 35.8 Å². The number of rotatable bonds is 6. The number of halogens is 2. The summed E-state index contributed by atoms with van der Waals surface area (Å²) in [7, 11) is 2.47. The van der Waals surface area contributed by atoms with Gasteiger partial charge in [-0.25, -0.2) is 14.6 Å². The first-order chi connectivity index (χ1) is 14.9. The maximum atomic E-state index is 13.2. The summed E-state index contributed by atoms with van der Waals surface area (Å²) in [4.78, 5) is 45.9. The first-order valence-corrected chi connectivity index (χ1v) is 10.3. The minimum absolute atomic E-state index is 0.0369. The van der Waals surface area contributed by atoms with E-state index in [1.165, 1.54) is 19.1 Å². The summed E-state index contributed by atoms with van der Waals surface area (Å²) in [6.07, 6.45) is 2.09. The Balaban J connectivity index is 1.89. The second-order valence-corrected chi connectivity index (χ2v) is 7.68. The molecule has 2 N–H and O–H groups in total. The van der Waals surface area contributed by atoms with Crippen molar-refractivity contribution >= 4 is 41.2 Å². The summed E-state index contributed by atoms with van der Waals surface area (Å²) in [5, 5.41) is 3.34. The SMILES string of the molecule is COC(=O)CC[C@H](NC(=O)N1CCc2[nH]cnc2[C@@H]1c1cccc(Cl)c1Cl)C(=O)OC. The molecular weight excluding hydrogens is 447 g/mol. The smallest absolute Gasteiger partial charge is 0.328 e. The first-order valence-electron chi connectivity index (χ1n) is 9.55. The van der Waals surface area contributed by atoms with E-state index < -0.39 is 30.1 Å². The maximum Gasteiger partial charge on any atom is 0.328 e. The number of benzene rings is 1. The van der Waals surface area contributed by atoms with Gasteiger partial charge in [0.05, 0.1) is 36.3 Å². The molecule has 0 unspecified atom stereocenters. The third-order valence-corrected chi connectivity index (χ3v) is 5.94. The molecule has 1 aromatic heterocycles. The lowest BCUT2D eigenvalue weighted by Gasteiger charge is -2.36. The number of aromatic amines is 1. The van der Waals surface area contributed by atoms with Gasteiger partial charge in [0.15, 0.2) is 0 Å². The Hall–Kier alpha value is -2.78. The number of ether oxygens (including phenoxy) is 2. The summed E-state index contributed by atoms with van der Waals surface area (Å²) in [6.45, 7) is 0.347. The molecule has 2 atom stereocenters. The molecule has 2 aromatic rings. The van der Waals surface area contributed by atoms with Crippen molar-refractivity contribution < 1.29 is 23.9 Å². The molecule has 31 heavy (non-hydrogen) atoms. The number of fused-ring (bicyclic) bond motifs is 1. The van der Waals surface area contributed by atoms with Crippen LogP contribution < -0.4 is 5.32 Å². The minimum atomic E-state index is -1.02. The highest BCUT2D eigenvalue weighted by Gasteiger charge is 2.37. The van der Waals surface area contributed by atoms with Gasteiger partial charge in [0.2, 0.25) is 0 Å². The Labute approximate surface area is 189 Å². The number of aromatic nitrogens is 2. The van der Waals surface area contributed by atoms with Crippen LogP contribution in [0.3, 0.4) is 0 Å². The largest absolute Gasteiger partial charge is 0.469 e. The fourth-order valence-corrected chi connectivity index (χ4v) is 3.94. The first kappa shape index (κ1) is 22.9. The number of nitrogens with zero attached hydrogens (tertiary/aromatic N) is 2. The zero-order valence-corrected chi connectivity index (χ0v) is 18.5. The topological polar surface area (TPSA) is 114 Å². The number of carbonyl (C=O) groups is 3. The van der Waals surface area contributed by atoms with Crippen LogP contribution >= 0.6 is 23.2 Å². The number of nitrogens with one attached hydrogen (secondary N) is 2. The number of imidazole rings is 1. The van der Waals surface area contributed by atoms with E-state index in [1.54, 1.807) is 24.5 Å². The number of hydrogen-bond donors (Lipinski definition) is 2. The van der Waals surface area contributed by atoms with Gasteiger partial charge in [-0.2, -0.15) is 0 Å². The van der Waals surface area contributed by atoms with Gasteiger partial charge in [0, 0.05) is 30.6 Å². The van der Waals surface area contributed by atoms with Crippen LogP contribution in [0.5, 0.6) is 0 Å². The highest BCUT2D eigenvalue weighted by atomic mass is 35.5. The number of hydrogen-bond acceptors (Lipinski definition) is 6. The average molecular weight is 469 g/mol. The number of carbonyl (C=O) groups excluding carboxylic acids is 3. The molecule has 11 heteroatoms. The molecule has 1 aliphatic rings. The quantitative estimate of drug-likeness (QED) is 0.629. The van der Waals surface area contributed by atoms with Crippen molar-refractivity contribution in [1.82, 2.24) is 20.2 Å². The van der Waals surface area contributed by atoms with Gasteiger partial charge in [-0.3, -0.25) is 4.79 Å². The molecule has 0 fully saturated rings. The van der Waals surface area contributed by atoms with E-state index >= 15 is 0 Å². The van der Waals surface area contributed by atoms with Gasteiger partial charge in [0.1, 0.15) is 12.1 Å². The van der Waals surface area contributed by atoms with Crippen molar-refractivity contribution in [1.29, 1.82) is 0 Å². The van der Waals surface area contributed by atoms with Crippen molar-refractivity contribution in [3.05, 3.63) is 51.5 Å². The van der Waals surface area contributed by atoms with Crippen LogP contribution in [0, 0.1) is 0 Å². The average Bonchev–Trinajstić information content (AvgIpc) is 3.26. The van der Waals surface area contributed by atoms with E-state index in [2.05, 4.69) is 20.0 Å². The standard InChI is InChI=1S/C20H22Cl2N4O5/c1-30-15(27)7-6-14(19(28)31-2)25-20(29)26-9-8-13-17(24-10-23-13)18(26)11-4-3-5-12(21)16(11)22/h3-5,10,14,18H,6-9H2,1-2H3,(H,23,24)(H,25,29)/t14-,18-/m0/s1. The molecule has 2 heterocycles. The molecular formula is C20H22Cl2N4O5. The van der Waals surface area contributed by atoms with Crippen LogP contribution in [-0.2, 0) is 25.5 Å². The Kier molecular flexibility index (Phi) is 7.40. The van der Waals surface area contributed by atoms with E-state index in [-0.39, 0.29) is 12.8 Å². The van der Waals surface area contributed by atoms with Crippen LogP contribution in [0.2, 0.25) is 10.0 Å². The number of urea groups is 1. The van der Waals surface area contributed by atoms with Crippen molar-refractivity contribution in [3.8, 4) is 0 Å². The molecule has 0 radical (unpaired) electrons. The van der Waals surface area contributed by atoms with Crippen LogP contribution in [0.4, 0.5) is 4.79 Å². The van der Waals surface area contributed by atoms with Crippen molar-refractivity contribution in [2.24, 2.45) is 0 Å². The van der Waals surface area contributed by atoms with Gasteiger partial charge in [-0.05, 0) is 12.5 Å². The second kappa shape index (κ2) is 10.0. The van der Waals surface area contributed by atoms with Crippen molar-refractivity contribution in [3.63, 3.8) is 0 Å². The second-order valence-electron chi connectivity index (χ2n) is 6.90. The van der Waals surface area contributed by atoms with Gasteiger partial charge in [-0.15, -0.1) is 0 Å². The molecule has 1 aliphatic heterocycles. The normalized spacial score (nSPS) is 16.3. The van der Waals surface area contributed by atoms with E-state index in [0.717, 1.165) is 5.69 Å². The molecule has 9 nitrogen and oxygen atoms in total. The fraction of sp³-hybridized carbons (Fsp3) is 0.400. The van der Waals surface area contributed by atoms with Crippen LogP contribution in [-0.4, -0.2) is 59.6 Å². The highest BCUT2D eigenvalue weighted by molar-refractivity contribution is 6.42. The van der Waals surface area contributed by atoms with Gasteiger partial charge >= 0.3 is 18.0 Å². The number of esters is 2. The monoisotopic (exact) mass is 468 g/mol. The van der Waals surface area contributed by atoms with Crippen LogP contribution in [0.25, 0.3) is 0 Å². The van der Waals surface area contributed by atoms with Gasteiger partial charge in [-0.1, -0.05) is 35.3 Å². The lowest BCUT2D eigenvalue weighted by molar-refractivity contribution is -0.144. The highest BCUT2D eigenvalue weighted by Crippen LogP contribution is 2.39. The predicted molar refractivity (Wildman–Crippen MR) is 113 cm³/mol. The molecule has 2 amide bonds. The van der Waals surface area contributed by atoms with E-state index in [9.17, 15) is 14.4 Å². The Bertz CT molecular complexity index is 980. The molecule has 1 aromatic carbocycles. The minimum Gasteiger partial charge on any atom is -0.469 e. The summed E-state index contributed by atoms with van der Waals surface area (Å²) >= 11 is 12.7. The lowest BCUT2D eigenvalue weighted by atomic mass is 9.96. The number of H-pyrrole nitrogens is 1. The molecule has 0 bridgehead atoms. The van der Waals surface area contributed by atoms with E-state index in [1.807, 2.05) is 0 Å². The van der Waals surface area contributed by atoms with E-state index in [0.29, 0.717) is 34.3 Å². The number of methoxy groups -OCH3 is 2. The Morgan fingerprint density at radius 3 is 2.77 bits per heavy atom. The van der Waals surface area contributed by atoms with E-state index in [4.69, 9.17) is 27.9 Å². The third-order valence-electron chi connectivity index (χ3n) is 5.11. The molecule has 3 rings (SSSR count). The van der Waals surface area contributed by atoms with Gasteiger partial charge < -0.3 is 24.7 Å². The number of amides is 2. The molecule has 0 saturated carbocycles. The van der Waals surface area contributed by atoms with Crippen molar-refractivity contribution in [2.75, 3.05) is 20.8 Å². The Morgan fingerprint density at radius 1 is 1.29 bits per heavy atom. The fourth-order valence-electron chi connectivity index (χ4n) is 3.53. The van der Waals surface area contributed by atoms with Crippen molar-refractivity contribution in [2.45, 2.75) is 31.3 Å². The zero-order chi connectivity index (χ0) is 22.5. The lowest BCUT2D eigenvalue weighted by Crippen LogP contribution is -2.51. The van der Waals surface area contributed by atoms with Crippen LogP contribution in [0.15, 0.2) is 24.5 Å². The third kappa shape index (κ3) is 4.94. The molecule has 0 aliphatic carbocycles. The summed E-state index contributed by atoms with van der Waals surface area (Å²) in [5.74, 6) is -1.15. The summed E-state index contributed by atoms with van der Waals surface area (Å²) < 4.78 is 9.39. The predicted octanol–water partition coefficient (Wildman–Crippen LogP) is 2.87. The van der Waals surface area contributed by atoms with Gasteiger partial charge in [0.25, 0.3) is 0 Å². The zero-order valence-electron chi connectivity index (χ0n) is 17.0. The maximum absolute atomic E-state index is 13.2.